The van der Waals surface area contributed by atoms with E-state index in [1.807, 2.05) is 24.3 Å². The molecule has 33 heavy (non-hydrogen) atoms. The van der Waals surface area contributed by atoms with E-state index in [0.29, 0.717) is 9.79 Å². The van der Waals surface area contributed by atoms with Crippen LogP contribution in [0.25, 0.3) is 0 Å². The third kappa shape index (κ3) is 8.92. The molecule has 0 N–H and O–H groups in total. The molecular formula is C30H46O2S. The Morgan fingerprint density at radius 2 is 0.909 bits per heavy atom. The number of hydrogen-bond acceptors (Lipinski definition) is 2. The van der Waals surface area contributed by atoms with Gasteiger partial charge in [-0.05, 0) is 86.1 Å². The van der Waals surface area contributed by atoms with Crippen molar-refractivity contribution >= 4 is 9.84 Å². The van der Waals surface area contributed by atoms with Crippen molar-refractivity contribution in [3.8, 4) is 0 Å². The molecule has 3 heteroatoms. The fraction of sp³-hybridized carbons (Fsp3) is 0.600. The Kier molecular flexibility index (Phi) is 12.2. The first-order chi connectivity index (χ1) is 15.9. The summed E-state index contributed by atoms with van der Waals surface area (Å²) in [4.78, 5) is 0.868. The molecule has 2 aromatic carbocycles. The number of unbranched alkanes of at least 4 members (excludes halogenated alkanes) is 10. The van der Waals surface area contributed by atoms with Crippen molar-refractivity contribution < 1.29 is 8.42 Å². The van der Waals surface area contributed by atoms with Gasteiger partial charge in [-0.25, -0.2) is 8.42 Å². The van der Waals surface area contributed by atoms with E-state index in [2.05, 4.69) is 27.7 Å². The molecule has 0 bridgehead atoms. The summed E-state index contributed by atoms with van der Waals surface area (Å²) in [6.07, 6.45) is 16.9. The molecule has 0 fully saturated rings. The second-order valence-corrected chi connectivity index (χ2v) is 11.7. The highest BCUT2D eigenvalue weighted by atomic mass is 32.2. The quantitative estimate of drug-likeness (QED) is 0.229. The van der Waals surface area contributed by atoms with E-state index in [-0.39, 0.29) is 0 Å². The van der Waals surface area contributed by atoms with Crippen molar-refractivity contribution in [3.63, 3.8) is 0 Å². The molecule has 0 aliphatic heterocycles. The number of sulfone groups is 1. The molecule has 0 aromatic heterocycles. The molecule has 0 heterocycles. The van der Waals surface area contributed by atoms with Crippen LogP contribution in [0, 0.1) is 13.8 Å². The predicted molar refractivity (Wildman–Crippen MR) is 142 cm³/mol. The summed E-state index contributed by atoms with van der Waals surface area (Å²) in [5.74, 6) is 0. The lowest BCUT2D eigenvalue weighted by Gasteiger charge is -2.12. The zero-order valence-corrected chi connectivity index (χ0v) is 22.4. The van der Waals surface area contributed by atoms with Gasteiger partial charge < -0.3 is 0 Å². The molecule has 0 spiro atoms. The van der Waals surface area contributed by atoms with Crippen molar-refractivity contribution in [1.29, 1.82) is 0 Å². The smallest absolute Gasteiger partial charge is 0.206 e. The first-order valence-electron chi connectivity index (χ1n) is 13.3. The Balaban J connectivity index is 2.07. The average molecular weight is 471 g/mol. The van der Waals surface area contributed by atoms with E-state index < -0.39 is 9.84 Å². The largest absolute Gasteiger partial charge is 0.219 e. The Hall–Kier alpha value is -1.61. The minimum atomic E-state index is -3.50. The Morgan fingerprint density at radius 3 is 1.30 bits per heavy atom. The zero-order valence-electron chi connectivity index (χ0n) is 21.6. The van der Waals surface area contributed by atoms with Crippen LogP contribution in [0.3, 0.4) is 0 Å². The summed E-state index contributed by atoms with van der Waals surface area (Å²) in [6, 6.07) is 11.4. The van der Waals surface area contributed by atoms with Gasteiger partial charge in [0.15, 0.2) is 0 Å². The van der Waals surface area contributed by atoms with E-state index in [9.17, 15) is 8.42 Å². The highest BCUT2D eigenvalue weighted by molar-refractivity contribution is 7.91. The van der Waals surface area contributed by atoms with Gasteiger partial charge in [0.2, 0.25) is 9.84 Å². The van der Waals surface area contributed by atoms with Gasteiger partial charge in [0, 0.05) is 0 Å². The molecule has 2 rings (SSSR count). The molecular weight excluding hydrogens is 424 g/mol. The topological polar surface area (TPSA) is 34.1 Å². The number of benzene rings is 2. The van der Waals surface area contributed by atoms with Crippen molar-refractivity contribution in [3.05, 3.63) is 58.7 Å². The maximum Gasteiger partial charge on any atom is 0.206 e. The second kappa shape index (κ2) is 14.6. The van der Waals surface area contributed by atoms with Crippen molar-refractivity contribution in [2.24, 2.45) is 0 Å². The Labute approximate surface area is 204 Å². The van der Waals surface area contributed by atoms with Gasteiger partial charge in [-0.15, -0.1) is 0 Å². The number of aryl methyl sites for hydroxylation is 4. The maximum atomic E-state index is 13.5. The van der Waals surface area contributed by atoms with Crippen LogP contribution in [0.15, 0.2) is 46.2 Å². The molecule has 0 unspecified atom stereocenters. The number of rotatable bonds is 16. The summed E-state index contributed by atoms with van der Waals surface area (Å²) in [5.41, 5.74) is 4.72. The third-order valence-electron chi connectivity index (χ3n) is 6.86. The van der Waals surface area contributed by atoms with Crippen LogP contribution in [-0.4, -0.2) is 8.42 Å². The Bertz CT molecular complexity index is 872. The van der Waals surface area contributed by atoms with E-state index in [4.69, 9.17) is 0 Å². The maximum absolute atomic E-state index is 13.5. The van der Waals surface area contributed by atoms with Crippen molar-refractivity contribution in [1.82, 2.24) is 0 Å². The first kappa shape index (κ1) is 27.6. The minimum absolute atomic E-state index is 0.434. The third-order valence-corrected chi connectivity index (χ3v) is 8.61. The molecule has 2 nitrogen and oxygen atoms in total. The van der Waals surface area contributed by atoms with E-state index >= 15 is 0 Å². The normalized spacial score (nSPS) is 11.8. The summed E-state index contributed by atoms with van der Waals surface area (Å²) in [7, 11) is -3.50. The molecule has 2 aromatic rings. The second-order valence-electron chi connectivity index (χ2n) is 9.72. The molecule has 0 radical (unpaired) electrons. The van der Waals surface area contributed by atoms with Crippen LogP contribution < -0.4 is 0 Å². The molecule has 0 aliphatic rings. The first-order valence-corrected chi connectivity index (χ1v) is 14.8. The molecule has 0 saturated carbocycles. The summed E-state index contributed by atoms with van der Waals surface area (Å²) in [6.45, 7) is 8.66. The fourth-order valence-corrected chi connectivity index (χ4v) is 5.86. The van der Waals surface area contributed by atoms with E-state index in [0.717, 1.165) is 25.7 Å². The molecule has 0 aliphatic carbocycles. The highest BCUT2D eigenvalue weighted by Crippen LogP contribution is 2.27. The molecule has 0 amide bonds. The predicted octanol–water partition coefficient (Wildman–Crippen LogP) is 8.94. The molecule has 184 valence electrons. The van der Waals surface area contributed by atoms with Crippen molar-refractivity contribution in [2.75, 3.05) is 0 Å². The minimum Gasteiger partial charge on any atom is -0.219 e. The van der Waals surface area contributed by atoms with Crippen LogP contribution in [0.5, 0.6) is 0 Å². The van der Waals surface area contributed by atoms with Crippen LogP contribution >= 0.6 is 0 Å². The SMILES string of the molecule is CCCCCCCCc1cc(S(=O)(=O)c2ccc(C)c(CCCCCCCC)c2)ccc1C. The van der Waals surface area contributed by atoms with Gasteiger partial charge in [0.1, 0.15) is 0 Å². The summed E-state index contributed by atoms with van der Waals surface area (Å²) < 4.78 is 26.9. The lowest BCUT2D eigenvalue weighted by Crippen LogP contribution is -2.05. The number of hydrogen-bond donors (Lipinski definition) is 0. The van der Waals surface area contributed by atoms with E-state index in [1.54, 1.807) is 12.1 Å². The average Bonchev–Trinajstić information content (AvgIpc) is 2.80. The monoisotopic (exact) mass is 470 g/mol. The van der Waals surface area contributed by atoms with Crippen LogP contribution in [0.4, 0.5) is 0 Å². The highest BCUT2D eigenvalue weighted by Gasteiger charge is 2.19. The lowest BCUT2D eigenvalue weighted by atomic mass is 10.0. The van der Waals surface area contributed by atoms with Crippen LogP contribution in [-0.2, 0) is 22.7 Å². The van der Waals surface area contributed by atoms with Crippen molar-refractivity contribution in [2.45, 2.75) is 127 Å². The van der Waals surface area contributed by atoms with Crippen LogP contribution in [0.2, 0.25) is 0 Å². The summed E-state index contributed by atoms with van der Waals surface area (Å²) >= 11 is 0. The Morgan fingerprint density at radius 1 is 0.545 bits per heavy atom. The molecule has 0 saturated heterocycles. The van der Waals surface area contributed by atoms with Gasteiger partial charge in [-0.2, -0.15) is 0 Å². The van der Waals surface area contributed by atoms with Gasteiger partial charge >= 0.3 is 0 Å². The van der Waals surface area contributed by atoms with Gasteiger partial charge in [0.25, 0.3) is 0 Å². The summed E-state index contributed by atoms with van der Waals surface area (Å²) in [5, 5.41) is 0. The van der Waals surface area contributed by atoms with Gasteiger partial charge in [-0.3, -0.25) is 0 Å². The van der Waals surface area contributed by atoms with Gasteiger partial charge in [-0.1, -0.05) is 90.2 Å². The zero-order chi connectivity index (χ0) is 24.1. The standard InChI is InChI=1S/C30H46O2S/c1-5-7-9-11-13-15-17-27-23-29(21-19-25(27)3)33(31,32)30-22-20-26(4)28(24-30)18-16-14-12-10-8-6-2/h19-24H,5-18H2,1-4H3. The lowest BCUT2D eigenvalue weighted by molar-refractivity contribution is 0.594. The fourth-order valence-electron chi connectivity index (χ4n) is 4.50. The van der Waals surface area contributed by atoms with Gasteiger partial charge in [0.05, 0.1) is 9.79 Å². The van der Waals surface area contributed by atoms with Crippen LogP contribution in [0.1, 0.15) is 113 Å². The van der Waals surface area contributed by atoms with E-state index in [1.165, 1.54) is 86.5 Å². The molecule has 0 atom stereocenters.